The minimum Gasteiger partial charge on any atom is -0.504 e. The molecule has 0 saturated heterocycles. The predicted octanol–water partition coefficient (Wildman–Crippen LogP) is 5.49. The van der Waals surface area contributed by atoms with E-state index in [4.69, 9.17) is 15.2 Å². The smallest absolute Gasteiger partial charge is 0.412 e. The SMILES string of the molecule is COc1ccc([C@@H](OC(=O)Nc2ccccc2)C(C)(C)/C=C/C(=O)Nc2ccccc2N)cc1O. The normalized spacial score (nSPS) is 12.1. The number of carbonyl (C=O) groups excluding carboxylic acids is 2. The van der Waals surface area contributed by atoms with Crippen LogP contribution in [0.2, 0.25) is 0 Å². The lowest BCUT2D eigenvalue weighted by molar-refractivity contribution is -0.112. The van der Waals surface area contributed by atoms with Gasteiger partial charge in [-0.2, -0.15) is 0 Å². The van der Waals surface area contributed by atoms with Crippen molar-refractivity contribution >= 4 is 29.1 Å². The molecule has 0 aliphatic heterocycles. The van der Waals surface area contributed by atoms with Crippen molar-refractivity contribution in [2.75, 3.05) is 23.5 Å². The summed E-state index contributed by atoms with van der Waals surface area (Å²) in [4.78, 5) is 25.3. The quantitative estimate of drug-likeness (QED) is 0.252. The summed E-state index contributed by atoms with van der Waals surface area (Å²) in [6.07, 6.45) is 1.47. The Morgan fingerprint density at radius 2 is 1.69 bits per heavy atom. The summed E-state index contributed by atoms with van der Waals surface area (Å²) in [6.45, 7) is 3.63. The van der Waals surface area contributed by atoms with Crippen LogP contribution in [-0.2, 0) is 9.53 Å². The average molecular weight is 476 g/mol. The number of carbonyl (C=O) groups is 2. The van der Waals surface area contributed by atoms with Crippen molar-refractivity contribution in [3.05, 3.63) is 90.5 Å². The lowest BCUT2D eigenvalue weighted by atomic mass is 9.82. The van der Waals surface area contributed by atoms with Crippen LogP contribution in [0.15, 0.2) is 84.9 Å². The van der Waals surface area contributed by atoms with Crippen molar-refractivity contribution in [1.29, 1.82) is 0 Å². The molecule has 3 aromatic rings. The zero-order valence-electron chi connectivity index (χ0n) is 19.8. The minimum absolute atomic E-state index is 0.0980. The van der Waals surface area contributed by atoms with E-state index in [0.717, 1.165) is 0 Å². The average Bonchev–Trinajstić information content (AvgIpc) is 2.83. The van der Waals surface area contributed by atoms with Gasteiger partial charge >= 0.3 is 6.09 Å². The lowest BCUT2D eigenvalue weighted by Crippen LogP contribution is -2.28. The molecule has 1 atom stereocenters. The Morgan fingerprint density at radius 1 is 1.00 bits per heavy atom. The maximum atomic E-state index is 12.7. The molecular formula is C27H29N3O5. The third-order valence-corrected chi connectivity index (χ3v) is 5.31. The largest absolute Gasteiger partial charge is 0.504 e. The van der Waals surface area contributed by atoms with Crippen LogP contribution in [0.5, 0.6) is 11.5 Å². The molecule has 0 spiro atoms. The van der Waals surface area contributed by atoms with Crippen molar-refractivity contribution in [3.8, 4) is 11.5 Å². The van der Waals surface area contributed by atoms with E-state index in [1.807, 2.05) is 19.9 Å². The number of nitrogens with two attached hydrogens (primary N) is 1. The number of phenols is 1. The summed E-state index contributed by atoms with van der Waals surface area (Å²) < 4.78 is 10.9. The van der Waals surface area contributed by atoms with Crippen LogP contribution in [0, 0.1) is 5.41 Å². The number of hydrogen-bond acceptors (Lipinski definition) is 6. The number of rotatable bonds is 8. The molecular weight excluding hydrogens is 446 g/mol. The van der Waals surface area contributed by atoms with Crippen LogP contribution < -0.4 is 21.1 Å². The topological polar surface area (TPSA) is 123 Å². The van der Waals surface area contributed by atoms with Gasteiger partial charge in [-0.25, -0.2) is 4.79 Å². The highest BCUT2D eigenvalue weighted by molar-refractivity contribution is 6.01. The van der Waals surface area contributed by atoms with Crippen LogP contribution in [0.3, 0.4) is 0 Å². The number of ether oxygens (including phenoxy) is 2. The number of aromatic hydroxyl groups is 1. The van der Waals surface area contributed by atoms with Crippen LogP contribution in [-0.4, -0.2) is 24.2 Å². The molecule has 0 saturated carbocycles. The van der Waals surface area contributed by atoms with Crippen molar-refractivity contribution in [2.24, 2.45) is 5.41 Å². The van der Waals surface area contributed by atoms with Gasteiger partial charge in [0.1, 0.15) is 6.10 Å². The van der Waals surface area contributed by atoms with Gasteiger partial charge in [-0.1, -0.05) is 56.3 Å². The van der Waals surface area contributed by atoms with Crippen molar-refractivity contribution in [1.82, 2.24) is 0 Å². The Bertz CT molecular complexity index is 1210. The highest BCUT2D eigenvalue weighted by atomic mass is 16.6. The molecule has 8 heteroatoms. The number of methoxy groups -OCH3 is 1. The first-order chi connectivity index (χ1) is 16.7. The fraction of sp³-hybridized carbons (Fsp3) is 0.185. The Kier molecular flexibility index (Phi) is 7.99. The second kappa shape index (κ2) is 11.1. The van der Waals surface area contributed by atoms with Crippen LogP contribution in [0.25, 0.3) is 0 Å². The summed E-state index contributed by atoms with van der Waals surface area (Å²) in [7, 11) is 1.45. The van der Waals surface area contributed by atoms with Gasteiger partial charge in [-0.3, -0.25) is 10.1 Å². The van der Waals surface area contributed by atoms with E-state index in [-0.39, 0.29) is 17.4 Å². The van der Waals surface area contributed by atoms with Gasteiger partial charge in [0.15, 0.2) is 11.5 Å². The highest BCUT2D eigenvalue weighted by Gasteiger charge is 2.33. The maximum Gasteiger partial charge on any atom is 0.412 e. The van der Waals surface area contributed by atoms with Gasteiger partial charge in [-0.05, 0) is 48.0 Å². The number of phenolic OH excluding ortho intramolecular Hbond substituents is 1. The first-order valence-corrected chi connectivity index (χ1v) is 10.9. The fourth-order valence-corrected chi connectivity index (χ4v) is 3.46. The second-order valence-electron chi connectivity index (χ2n) is 8.44. The van der Waals surface area contributed by atoms with Gasteiger partial charge in [0.2, 0.25) is 5.91 Å². The monoisotopic (exact) mass is 475 g/mol. The summed E-state index contributed by atoms with van der Waals surface area (Å²) in [5.74, 6) is -0.199. The summed E-state index contributed by atoms with van der Waals surface area (Å²) in [5.41, 5.74) is 7.08. The molecule has 182 valence electrons. The molecule has 8 nitrogen and oxygen atoms in total. The molecule has 0 heterocycles. The molecule has 0 aliphatic rings. The molecule has 0 aromatic heterocycles. The van der Waals surface area contributed by atoms with Crippen LogP contribution >= 0.6 is 0 Å². The van der Waals surface area contributed by atoms with E-state index >= 15 is 0 Å². The summed E-state index contributed by atoms with van der Waals surface area (Å²) >= 11 is 0. The van der Waals surface area contributed by atoms with Gasteiger partial charge < -0.3 is 25.6 Å². The number of benzene rings is 3. The molecule has 3 rings (SSSR count). The second-order valence-corrected chi connectivity index (χ2v) is 8.44. The Labute approximate surface area is 204 Å². The van der Waals surface area contributed by atoms with E-state index in [9.17, 15) is 14.7 Å². The number of anilines is 3. The standard InChI is InChI=1S/C27H29N3O5/c1-27(2,16-15-24(32)30-21-12-8-7-11-20(21)28)25(18-13-14-23(34-3)22(31)17-18)35-26(33)29-19-9-5-4-6-10-19/h4-17,25,31H,28H2,1-3H3,(H,29,33)(H,30,32)/b16-15+/t25-/m1/s1. The van der Waals surface area contributed by atoms with Gasteiger partial charge in [-0.15, -0.1) is 0 Å². The molecule has 0 fully saturated rings. The highest BCUT2D eigenvalue weighted by Crippen LogP contribution is 2.41. The molecule has 3 aromatic carbocycles. The molecule has 35 heavy (non-hydrogen) atoms. The molecule has 5 N–H and O–H groups in total. The predicted molar refractivity (Wildman–Crippen MR) is 136 cm³/mol. The van der Waals surface area contributed by atoms with Crippen molar-refractivity contribution in [3.63, 3.8) is 0 Å². The van der Waals surface area contributed by atoms with E-state index in [1.54, 1.807) is 66.7 Å². The Morgan fingerprint density at radius 3 is 2.34 bits per heavy atom. The van der Waals surface area contributed by atoms with Gasteiger partial charge in [0.05, 0.1) is 18.5 Å². The van der Waals surface area contributed by atoms with E-state index in [1.165, 1.54) is 19.3 Å². The lowest BCUT2D eigenvalue weighted by Gasteiger charge is -2.32. The Balaban J connectivity index is 1.85. The number of hydrogen-bond donors (Lipinski definition) is 4. The number of para-hydroxylation sites is 3. The molecule has 2 amide bonds. The zero-order chi connectivity index (χ0) is 25.4. The summed E-state index contributed by atoms with van der Waals surface area (Å²) in [5, 5.41) is 15.7. The number of nitrogens with one attached hydrogen (secondary N) is 2. The van der Waals surface area contributed by atoms with Crippen LogP contribution in [0.1, 0.15) is 25.5 Å². The fourth-order valence-electron chi connectivity index (χ4n) is 3.46. The third kappa shape index (κ3) is 6.77. The van der Waals surface area contributed by atoms with Crippen molar-refractivity contribution in [2.45, 2.75) is 20.0 Å². The maximum absolute atomic E-state index is 12.7. The van der Waals surface area contributed by atoms with Crippen LogP contribution in [0.4, 0.5) is 21.9 Å². The van der Waals surface area contributed by atoms with Gasteiger partial charge in [0.25, 0.3) is 0 Å². The molecule has 0 radical (unpaired) electrons. The molecule has 0 aliphatic carbocycles. The first kappa shape index (κ1) is 25.2. The number of nitrogen functional groups attached to an aromatic ring is 1. The summed E-state index contributed by atoms with van der Waals surface area (Å²) in [6, 6.07) is 20.6. The van der Waals surface area contributed by atoms with E-state index in [2.05, 4.69) is 10.6 Å². The molecule has 0 bridgehead atoms. The van der Waals surface area contributed by atoms with E-state index < -0.39 is 17.6 Å². The van der Waals surface area contributed by atoms with Gasteiger partial charge in [0, 0.05) is 11.1 Å². The zero-order valence-corrected chi connectivity index (χ0v) is 19.8. The minimum atomic E-state index is -0.853. The third-order valence-electron chi connectivity index (χ3n) is 5.31. The first-order valence-electron chi connectivity index (χ1n) is 10.9. The Hall–Kier alpha value is -4.46. The molecule has 0 unspecified atom stereocenters. The van der Waals surface area contributed by atoms with E-state index in [0.29, 0.717) is 22.6 Å². The number of amides is 2. The van der Waals surface area contributed by atoms with Crippen molar-refractivity contribution < 1.29 is 24.2 Å².